The van der Waals surface area contributed by atoms with E-state index >= 15 is 0 Å². The largest absolute Gasteiger partial charge is 0.493 e. The van der Waals surface area contributed by atoms with Crippen LogP contribution in [0.2, 0.25) is 0 Å². The number of nitrogens with one attached hydrogen (secondary N) is 1. The van der Waals surface area contributed by atoms with Gasteiger partial charge >= 0.3 is 0 Å². The zero-order valence-corrected chi connectivity index (χ0v) is 22.4. The third-order valence-electron chi connectivity index (χ3n) is 6.56. The van der Waals surface area contributed by atoms with Gasteiger partial charge in [-0.2, -0.15) is 0 Å². The topological polar surface area (TPSA) is 63.3 Å². The highest BCUT2D eigenvalue weighted by Gasteiger charge is 2.19. The molecule has 0 radical (unpaired) electrons. The van der Waals surface area contributed by atoms with Gasteiger partial charge in [-0.05, 0) is 67.3 Å². The van der Waals surface area contributed by atoms with E-state index < -0.39 is 0 Å². The minimum absolute atomic E-state index is 0.163. The van der Waals surface area contributed by atoms with Gasteiger partial charge in [-0.1, -0.05) is 32.3 Å². The van der Waals surface area contributed by atoms with E-state index in [1.165, 1.54) is 35.7 Å². The standard InChI is InChI=1S/C29H41N3O4/c1-6-7-8-9-18-36-29-26(34-4)20-24(21-27(29)35-5)11-13-28(33)30-32-16-14-31(15-17-32)25-12-10-22(2)23(3)19-25/h10-13,19-21H,6-9,14-18H2,1-5H3,(H,30,33). The Labute approximate surface area is 216 Å². The van der Waals surface area contributed by atoms with E-state index in [2.05, 4.69) is 49.3 Å². The summed E-state index contributed by atoms with van der Waals surface area (Å²) in [6.45, 7) is 10.3. The van der Waals surface area contributed by atoms with Crippen molar-refractivity contribution in [1.29, 1.82) is 0 Å². The SMILES string of the molecule is CCCCCCOc1c(OC)cc(C=CC(=O)NN2CCN(c3ccc(C)c(C)c3)CC2)cc1OC. The number of piperazine rings is 1. The van der Waals surface area contributed by atoms with Crippen LogP contribution < -0.4 is 24.5 Å². The number of amides is 1. The first-order chi connectivity index (χ1) is 17.4. The summed E-state index contributed by atoms with van der Waals surface area (Å²) >= 11 is 0. The van der Waals surface area contributed by atoms with E-state index in [4.69, 9.17) is 14.2 Å². The Balaban J connectivity index is 1.54. The van der Waals surface area contributed by atoms with Gasteiger partial charge in [-0.25, -0.2) is 5.01 Å². The lowest BCUT2D eigenvalue weighted by Crippen LogP contribution is -2.53. The number of carbonyl (C=O) groups excluding carboxylic acids is 1. The molecular formula is C29H41N3O4. The van der Waals surface area contributed by atoms with Gasteiger partial charge in [-0.3, -0.25) is 10.2 Å². The number of unbranched alkanes of at least 4 members (excludes halogenated alkanes) is 3. The molecule has 1 aliphatic heterocycles. The van der Waals surface area contributed by atoms with Crippen molar-refractivity contribution in [3.05, 3.63) is 53.1 Å². The Bertz CT molecular complexity index is 1000. The van der Waals surface area contributed by atoms with Gasteiger partial charge in [0.2, 0.25) is 5.75 Å². The third-order valence-corrected chi connectivity index (χ3v) is 6.56. The molecule has 7 nitrogen and oxygen atoms in total. The van der Waals surface area contributed by atoms with Crippen LogP contribution >= 0.6 is 0 Å². The summed E-state index contributed by atoms with van der Waals surface area (Å²) in [5, 5.41) is 1.97. The van der Waals surface area contributed by atoms with Crippen molar-refractivity contribution >= 4 is 17.7 Å². The van der Waals surface area contributed by atoms with Crippen LogP contribution in [0, 0.1) is 13.8 Å². The van der Waals surface area contributed by atoms with E-state index in [-0.39, 0.29) is 5.91 Å². The van der Waals surface area contributed by atoms with Gasteiger partial charge in [0.15, 0.2) is 11.5 Å². The van der Waals surface area contributed by atoms with Gasteiger partial charge in [-0.15, -0.1) is 0 Å². The molecule has 1 heterocycles. The molecule has 1 aliphatic rings. The number of benzene rings is 2. The zero-order chi connectivity index (χ0) is 25.9. The number of hydrazine groups is 1. The van der Waals surface area contributed by atoms with Crippen molar-refractivity contribution < 1.29 is 19.0 Å². The van der Waals surface area contributed by atoms with Gasteiger partial charge < -0.3 is 19.1 Å². The summed E-state index contributed by atoms with van der Waals surface area (Å²) in [6.07, 6.45) is 7.81. The summed E-state index contributed by atoms with van der Waals surface area (Å²) in [4.78, 5) is 14.9. The highest BCUT2D eigenvalue weighted by molar-refractivity contribution is 5.91. The normalized spacial score (nSPS) is 14.2. The molecule has 196 valence electrons. The van der Waals surface area contributed by atoms with Crippen molar-refractivity contribution in [2.24, 2.45) is 0 Å². The molecule has 1 N–H and O–H groups in total. The van der Waals surface area contributed by atoms with Crippen LogP contribution in [-0.4, -0.2) is 57.9 Å². The number of methoxy groups -OCH3 is 2. The minimum Gasteiger partial charge on any atom is -0.493 e. The van der Waals surface area contributed by atoms with Crippen molar-refractivity contribution in [3.63, 3.8) is 0 Å². The molecule has 0 bridgehead atoms. The fourth-order valence-corrected chi connectivity index (χ4v) is 4.21. The molecular weight excluding hydrogens is 454 g/mol. The smallest absolute Gasteiger partial charge is 0.258 e. The molecule has 7 heteroatoms. The Hall–Kier alpha value is -3.19. The van der Waals surface area contributed by atoms with Crippen LogP contribution in [0.4, 0.5) is 5.69 Å². The van der Waals surface area contributed by atoms with Crippen molar-refractivity contribution in [2.45, 2.75) is 46.5 Å². The number of hydrogen-bond acceptors (Lipinski definition) is 6. The Morgan fingerprint density at radius 2 is 1.64 bits per heavy atom. The molecule has 0 aliphatic carbocycles. The second kappa shape index (κ2) is 13.8. The van der Waals surface area contributed by atoms with Gasteiger partial charge in [0.05, 0.1) is 20.8 Å². The summed E-state index contributed by atoms with van der Waals surface area (Å²) in [6, 6.07) is 10.3. The fraction of sp³-hybridized carbons (Fsp3) is 0.483. The van der Waals surface area contributed by atoms with Gasteiger partial charge in [0, 0.05) is 37.9 Å². The lowest BCUT2D eigenvalue weighted by atomic mass is 10.1. The molecule has 0 spiro atoms. The van der Waals surface area contributed by atoms with Crippen LogP contribution in [0.3, 0.4) is 0 Å². The number of nitrogens with zero attached hydrogens (tertiary/aromatic N) is 2. The lowest BCUT2D eigenvalue weighted by molar-refractivity contribution is -0.121. The molecule has 0 unspecified atom stereocenters. The average molecular weight is 496 g/mol. The van der Waals surface area contributed by atoms with Gasteiger partial charge in [0.1, 0.15) is 0 Å². The van der Waals surface area contributed by atoms with E-state index in [0.717, 1.165) is 44.6 Å². The number of hydrogen-bond donors (Lipinski definition) is 1. The third kappa shape index (κ3) is 7.65. The van der Waals surface area contributed by atoms with Crippen LogP contribution in [0.1, 0.15) is 49.3 Å². The quantitative estimate of drug-likeness (QED) is 0.325. The zero-order valence-electron chi connectivity index (χ0n) is 22.4. The van der Waals surface area contributed by atoms with E-state index in [1.807, 2.05) is 17.1 Å². The molecule has 1 fully saturated rings. The highest BCUT2D eigenvalue weighted by Crippen LogP contribution is 2.39. The molecule has 1 saturated heterocycles. The Morgan fingerprint density at radius 1 is 0.944 bits per heavy atom. The second-order valence-electron chi connectivity index (χ2n) is 9.22. The summed E-state index contributed by atoms with van der Waals surface area (Å²) in [5.74, 6) is 1.61. The maximum atomic E-state index is 12.6. The molecule has 2 aromatic rings. The monoisotopic (exact) mass is 495 g/mol. The number of aryl methyl sites for hydroxylation is 2. The fourth-order valence-electron chi connectivity index (χ4n) is 4.21. The first-order valence-corrected chi connectivity index (χ1v) is 12.9. The van der Waals surface area contributed by atoms with Gasteiger partial charge in [0.25, 0.3) is 5.91 Å². The van der Waals surface area contributed by atoms with Crippen LogP contribution in [0.25, 0.3) is 6.08 Å². The van der Waals surface area contributed by atoms with Crippen molar-refractivity contribution in [3.8, 4) is 17.2 Å². The Kier molecular flexibility index (Phi) is 10.5. The first kappa shape index (κ1) is 27.4. The van der Waals surface area contributed by atoms with E-state index in [0.29, 0.717) is 23.9 Å². The number of ether oxygens (including phenoxy) is 3. The first-order valence-electron chi connectivity index (χ1n) is 12.9. The van der Waals surface area contributed by atoms with Crippen molar-refractivity contribution in [2.75, 3.05) is 51.9 Å². The summed E-state index contributed by atoms with van der Waals surface area (Å²) < 4.78 is 17.1. The highest BCUT2D eigenvalue weighted by atomic mass is 16.5. The second-order valence-corrected chi connectivity index (χ2v) is 9.22. The van der Waals surface area contributed by atoms with Crippen LogP contribution in [0.5, 0.6) is 17.2 Å². The molecule has 3 rings (SSSR count). The molecule has 2 aromatic carbocycles. The summed E-state index contributed by atoms with van der Waals surface area (Å²) in [7, 11) is 3.22. The molecule has 1 amide bonds. The van der Waals surface area contributed by atoms with Crippen LogP contribution in [-0.2, 0) is 4.79 Å². The predicted octanol–water partition coefficient (Wildman–Crippen LogP) is 5.15. The van der Waals surface area contributed by atoms with Crippen molar-refractivity contribution in [1.82, 2.24) is 10.4 Å². The van der Waals surface area contributed by atoms with Crippen LogP contribution in [0.15, 0.2) is 36.4 Å². The van der Waals surface area contributed by atoms with E-state index in [9.17, 15) is 4.79 Å². The van der Waals surface area contributed by atoms with E-state index in [1.54, 1.807) is 20.3 Å². The molecule has 0 aromatic heterocycles. The Morgan fingerprint density at radius 3 is 2.25 bits per heavy atom. The lowest BCUT2D eigenvalue weighted by Gasteiger charge is -2.36. The molecule has 36 heavy (non-hydrogen) atoms. The maximum Gasteiger partial charge on any atom is 0.258 e. The minimum atomic E-state index is -0.163. The maximum absolute atomic E-state index is 12.6. The number of rotatable bonds is 12. The average Bonchev–Trinajstić information content (AvgIpc) is 2.89. The summed E-state index contributed by atoms with van der Waals surface area (Å²) in [5.41, 5.74) is 7.63. The molecule has 0 saturated carbocycles. The number of carbonyl (C=O) groups is 1. The number of anilines is 1. The molecule has 0 atom stereocenters. The predicted molar refractivity (Wildman–Crippen MR) is 146 cm³/mol.